The SMILES string of the molecule is Cc1cc(F)c(Cn2cnc(=O)c3cc(Oc4cccnc4C(F)(F)F)ccc32)c(F)c1. The number of alkyl halides is 3. The lowest BCUT2D eigenvalue weighted by molar-refractivity contribution is -0.142. The summed E-state index contributed by atoms with van der Waals surface area (Å²) in [6.45, 7) is 1.31. The van der Waals surface area contributed by atoms with Gasteiger partial charge in [-0.3, -0.25) is 4.79 Å². The molecule has 0 fully saturated rings. The molecule has 0 aliphatic carbocycles. The van der Waals surface area contributed by atoms with Gasteiger partial charge in [0, 0.05) is 11.8 Å². The quantitative estimate of drug-likeness (QED) is 0.402. The minimum absolute atomic E-state index is 0.00961. The van der Waals surface area contributed by atoms with Crippen LogP contribution in [0, 0.1) is 18.6 Å². The zero-order valence-electron chi connectivity index (χ0n) is 16.5. The molecule has 0 amide bonds. The Morgan fingerprint density at radius 1 is 1.03 bits per heavy atom. The monoisotopic (exact) mass is 447 g/mol. The summed E-state index contributed by atoms with van der Waals surface area (Å²) in [6, 6.07) is 8.73. The van der Waals surface area contributed by atoms with Crippen LogP contribution >= 0.6 is 0 Å². The Morgan fingerprint density at radius 2 is 1.75 bits per heavy atom. The first-order valence-corrected chi connectivity index (χ1v) is 9.27. The summed E-state index contributed by atoms with van der Waals surface area (Å²) in [5.74, 6) is -2.08. The Kier molecular flexibility index (Phi) is 5.37. The minimum Gasteiger partial charge on any atom is -0.455 e. The van der Waals surface area contributed by atoms with E-state index in [2.05, 4.69) is 9.97 Å². The van der Waals surface area contributed by atoms with E-state index in [1.807, 2.05) is 0 Å². The van der Waals surface area contributed by atoms with Crippen LogP contribution in [0.5, 0.6) is 11.5 Å². The van der Waals surface area contributed by atoms with Crippen molar-refractivity contribution in [1.29, 1.82) is 0 Å². The van der Waals surface area contributed by atoms with Crippen molar-refractivity contribution in [3.05, 3.63) is 93.8 Å². The zero-order valence-corrected chi connectivity index (χ0v) is 16.5. The summed E-state index contributed by atoms with van der Waals surface area (Å²) in [5, 5.41) is 0.00961. The smallest absolute Gasteiger partial charge is 0.437 e. The van der Waals surface area contributed by atoms with Gasteiger partial charge >= 0.3 is 6.18 Å². The summed E-state index contributed by atoms with van der Waals surface area (Å²) in [4.78, 5) is 19.3. The predicted octanol–water partition coefficient (Wildman–Crippen LogP) is 5.24. The highest BCUT2D eigenvalue weighted by Gasteiger charge is 2.36. The van der Waals surface area contributed by atoms with E-state index in [1.54, 1.807) is 6.92 Å². The molecule has 0 atom stereocenters. The van der Waals surface area contributed by atoms with E-state index in [9.17, 15) is 26.7 Å². The number of aromatic nitrogens is 3. The van der Waals surface area contributed by atoms with Gasteiger partial charge in [-0.2, -0.15) is 18.2 Å². The van der Waals surface area contributed by atoms with Gasteiger partial charge < -0.3 is 9.30 Å². The summed E-state index contributed by atoms with van der Waals surface area (Å²) in [6.07, 6.45) is -2.60. The first kappa shape index (κ1) is 21.4. The Hall–Kier alpha value is -3.82. The molecule has 0 aliphatic rings. The summed E-state index contributed by atoms with van der Waals surface area (Å²) in [5.41, 5.74) is -1.41. The third-order valence-corrected chi connectivity index (χ3v) is 4.70. The van der Waals surface area contributed by atoms with Gasteiger partial charge in [-0.05, 0) is 55.0 Å². The molecule has 0 unspecified atom stereocenters. The topological polar surface area (TPSA) is 57.0 Å². The number of hydrogen-bond donors (Lipinski definition) is 0. The number of hydrogen-bond acceptors (Lipinski definition) is 4. The molecule has 0 aliphatic heterocycles. The number of rotatable bonds is 4. The molecule has 0 spiro atoms. The Labute approximate surface area is 177 Å². The third kappa shape index (κ3) is 4.16. The zero-order chi connectivity index (χ0) is 23.0. The van der Waals surface area contributed by atoms with Crippen LogP contribution in [0.25, 0.3) is 10.9 Å². The van der Waals surface area contributed by atoms with Crippen molar-refractivity contribution in [2.75, 3.05) is 0 Å². The van der Waals surface area contributed by atoms with Gasteiger partial charge in [0.25, 0.3) is 5.56 Å². The van der Waals surface area contributed by atoms with Crippen LogP contribution in [-0.2, 0) is 12.7 Å². The van der Waals surface area contributed by atoms with Gasteiger partial charge in [-0.1, -0.05) is 0 Å². The lowest BCUT2D eigenvalue weighted by Gasteiger charge is -2.14. The fraction of sp³-hybridized carbons (Fsp3) is 0.136. The van der Waals surface area contributed by atoms with E-state index in [1.165, 1.54) is 41.0 Å². The second kappa shape index (κ2) is 8.03. The highest BCUT2D eigenvalue weighted by Crippen LogP contribution is 2.36. The van der Waals surface area contributed by atoms with Crippen molar-refractivity contribution in [3.63, 3.8) is 0 Å². The lowest BCUT2D eigenvalue weighted by atomic mass is 10.1. The number of nitrogens with zero attached hydrogens (tertiary/aromatic N) is 3. The Morgan fingerprint density at radius 3 is 2.44 bits per heavy atom. The summed E-state index contributed by atoms with van der Waals surface area (Å²) < 4.78 is 74.7. The molecule has 4 aromatic rings. The molecule has 0 saturated carbocycles. The van der Waals surface area contributed by atoms with E-state index in [-0.39, 0.29) is 28.8 Å². The first-order valence-electron chi connectivity index (χ1n) is 9.27. The van der Waals surface area contributed by atoms with Gasteiger partial charge in [-0.25, -0.2) is 13.8 Å². The molecule has 0 saturated heterocycles. The van der Waals surface area contributed by atoms with Crippen molar-refractivity contribution in [3.8, 4) is 11.5 Å². The molecule has 2 aromatic heterocycles. The molecular formula is C22H14F5N3O2. The van der Waals surface area contributed by atoms with E-state index < -0.39 is 34.8 Å². The normalized spacial score (nSPS) is 11.7. The maximum atomic E-state index is 14.3. The Bertz CT molecular complexity index is 1360. The number of halogens is 5. The van der Waals surface area contributed by atoms with E-state index in [0.29, 0.717) is 5.56 Å². The van der Waals surface area contributed by atoms with Crippen LogP contribution < -0.4 is 10.3 Å². The predicted molar refractivity (Wildman–Crippen MR) is 106 cm³/mol. The number of pyridine rings is 1. The summed E-state index contributed by atoms with van der Waals surface area (Å²) in [7, 11) is 0. The van der Waals surface area contributed by atoms with Crippen LogP contribution in [0.1, 0.15) is 16.8 Å². The number of benzene rings is 2. The molecular weight excluding hydrogens is 433 g/mol. The lowest BCUT2D eigenvalue weighted by Crippen LogP contribution is -2.14. The van der Waals surface area contributed by atoms with Gasteiger partial charge in [0.2, 0.25) is 0 Å². The van der Waals surface area contributed by atoms with Gasteiger partial charge in [0.15, 0.2) is 11.4 Å². The fourth-order valence-electron chi connectivity index (χ4n) is 3.24. The fourth-order valence-corrected chi connectivity index (χ4v) is 3.24. The third-order valence-electron chi connectivity index (χ3n) is 4.70. The van der Waals surface area contributed by atoms with Gasteiger partial charge in [0.05, 0.1) is 23.8 Å². The maximum Gasteiger partial charge on any atom is 0.437 e. The molecule has 0 N–H and O–H groups in total. The van der Waals surface area contributed by atoms with E-state index in [4.69, 9.17) is 4.74 Å². The van der Waals surface area contributed by atoms with Crippen molar-refractivity contribution >= 4 is 10.9 Å². The van der Waals surface area contributed by atoms with Crippen molar-refractivity contribution in [1.82, 2.24) is 14.5 Å². The second-order valence-corrected chi connectivity index (χ2v) is 7.01. The van der Waals surface area contributed by atoms with Crippen LogP contribution in [-0.4, -0.2) is 14.5 Å². The standard InChI is InChI=1S/C22H14F5N3O2/c1-12-7-16(23)15(17(24)8-12)10-30-11-29-21(31)14-9-13(4-5-18(14)30)32-19-3-2-6-28-20(19)22(25,26)27/h2-9,11H,10H2,1H3. The van der Waals surface area contributed by atoms with Crippen molar-refractivity contribution < 1.29 is 26.7 Å². The summed E-state index contributed by atoms with van der Waals surface area (Å²) >= 11 is 0. The first-order chi connectivity index (χ1) is 15.1. The number of ether oxygens (including phenoxy) is 1. The number of aryl methyl sites for hydroxylation is 1. The molecule has 0 radical (unpaired) electrons. The molecule has 4 rings (SSSR count). The van der Waals surface area contributed by atoms with Crippen LogP contribution in [0.4, 0.5) is 22.0 Å². The van der Waals surface area contributed by atoms with Gasteiger partial charge in [-0.15, -0.1) is 0 Å². The van der Waals surface area contributed by atoms with E-state index in [0.717, 1.165) is 18.6 Å². The molecule has 0 bridgehead atoms. The average molecular weight is 447 g/mol. The van der Waals surface area contributed by atoms with Crippen LogP contribution in [0.3, 0.4) is 0 Å². The van der Waals surface area contributed by atoms with Crippen molar-refractivity contribution in [2.45, 2.75) is 19.6 Å². The highest BCUT2D eigenvalue weighted by atomic mass is 19.4. The number of fused-ring (bicyclic) bond motifs is 1. The molecule has 164 valence electrons. The largest absolute Gasteiger partial charge is 0.455 e. The highest BCUT2D eigenvalue weighted by molar-refractivity contribution is 5.79. The molecule has 32 heavy (non-hydrogen) atoms. The van der Waals surface area contributed by atoms with Crippen LogP contribution in [0.2, 0.25) is 0 Å². The molecule has 5 nitrogen and oxygen atoms in total. The second-order valence-electron chi connectivity index (χ2n) is 7.01. The molecule has 2 heterocycles. The minimum atomic E-state index is -4.73. The maximum absolute atomic E-state index is 14.3. The van der Waals surface area contributed by atoms with E-state index >= 15 is 0 Å². The Balaban J connectivity index is 1.74. The van der Waals surface area contributed by atoms with Crippen LogP contribution in [0.15, 0.2) is 59.8 Å². The van der Waals surface area contributed by atoms with Gasteiger partial charge in [0.1, 0.15) is 17.4 Å². The van der Waals surface area contributed by atoms with Crippen molar-refractivity contribution in [2.24, 2.45) is 0 Å². The molecule has 2 aromatic carbocycles. The average Bonchev–Trinajstić information content (AvgIpc) is 2.72. The molecule has 10 heteroatoms.